The van der Waals surface area contributed by atoms with Gasteiger partial charge in [0.05, 0.1) is 0 Å². The predicted molar refractivity (Wildman–Crippen MR) is 79.7 cm³/mol. The van der Waals surface area contributed by atoms with E-state index in [0.29, 0.717) is 5.92 Å². The Labute approximate surface area is 112 Å². The van der Waals surface area contributed by atoms with Gasteiger partial charge < -0.3 is 10.2 Å². The molecule has 0 heterocycles. The third-order valence-corrected chi connectivity index (χ3v) is 2.90. The van der Waals surface area contributed by atoms with Gasteiger partial charge >= 0.3 is 0 Å². The Morgan fingerprint density at radius 2 is 1.78 bits per heavy atom. The Morgan fingerprint density at radius 1 is 1.17 bits per heavy atom. The van der Waals surface area contributed by atoms with Crippen molar-refractivity contribution in [2.24, 2.45) is 5.92 Å². The van der Waals surface area contributed by atoms with Crippen LogP contribution in [0.2, 0.25) is 0 Å². The lowest BCUT2D eigenvalue weighted by Crippen LogP contribution is -2.40. The van der Waals surface area contributed by atoms with E-state index >= 15 is 0 Å². The lowest BCUT2D eigenvalue weighted by Gasteiger charge is -2.26. The maximum absolute atomic E-state index is 3.56. The van der Waals surface area contributed by atoms with E-state index in [1.807, 2.05) is 0 Å². The van der Waals surface area contributed by atoms with Crippen LogP contribution in [0.4, 0.5) is 0 Å². The molecule has 1 aromatic carbocycles. The van der Waals surface area contributed by atoms with E-state index in [9.17, 15) is 0 Å². The van der Waals surface area contributed by atoms with Gasteiger partial charge in [0.25, 0.3) is 0 Å². The molecule has 18 heavy (non-hydrogen) atoms. The van der Waals surface area contributed by atoms with E-state index in [4.69, 9.17) is 0 Å². The Kier molecular flexibility index (Phi) is 5.83. The molecule has 1 aromatic rings. The Hall–Kier alpha value is -0.860. The van der Waals surface area contributed by atoms with Crippen LogP contribution >= 0.6 is 0 Å². The summed E-state index contributed by atoms with van der Waals surface area (Å²) in [6.45, 7) is 12.2. The number of benzene rings is 1. The molecular formula is C16H28N2. The second-order valence-electron chi connectivity index (χ2n) is 6.42. The van der Waals surface area contributed by atoms with E-state index in [2.05, 4.69) is 75.3 Å². The van der Waals surface area contributed by atoms with Gasteiger partial charge in [-0.3, -0.25) is 0 Å². The monoisotopic (exact) mass is 248 g/mol. The molecule has 0 fully saturated rings. The molecule has 0 aromatic heterocycles. The van der Waals surface area contributed by atoms with Crippen molar-refractivity contribution in [2.75, 3.05) is 20.1 Å². The molecule has 0 aliphatic rings. The molecule has 0 saturated carbocycles. The predicted octanol–water partition coefficient (Wildman–Crippen LogP) is 3.14. The second kappa shape index (κ2) is 6.91. The van der Waals surface area contributed by atoms with Crippen molar-refractivity contribution in [1.82, 2.24) is 10.2 Å². The summed E-state index contributed by atoms with van der Waals surface area (Å²) < 4.78 is 0. The Bertz CT molecular complexity index is 327. The van der Waals surface area contributed by atoms with Crippen molar-refractivity contribution in [3.05, 3.63) is 35.9 Å². The lowest BCUT2D eigenvalue weighted by atomic mass is 10.1. The quantitative estimate of drug-likeness (QED) is 0.832. The molecule has 0 aliphatic carbocycles. The second-order valence-corrected chi connectivity index (χ2v) is 6.42. The summed E-state index contributed by atoms with van der Waals surface area (Å²) >= 11 is 0. The summed E-state index contributed by atoms with van der Waals surface area (Å²) in [5, 5.41) is 3.56. The number of nitrogens with zero attached hydrogens (tertiary/aromatic N) is 1. The molecular weight excluding hydrogens is 220 g/mol. The van der Waals surface area contributed by atoms with Gasteiger partial charge in [-0.15, -0.1) is 0 Å². The summed E-state index contributed by atoms with van der Waals surface area (Å²) in [5.74, 6) is 0.665. The molecule has 1 atom stereocenters. The van der Waals surface area contributed by atoms with Crippen LogP contribution in [0.15, 0.2) is 30.3 Å². The van der Waals surface area contributed by atoms with Gasteiger partial charge in [0.2, 0.25) is 0 Å². The third kappa shape index (κ3) is 6.77. The average Bonchev–Trinajstić information content (AvgIpc) is 2.26. The smallest absolute Gasteiger partial charge is 0.0230 e. The maximum Gasteiger partial charge on any atom is 0.0230 e. The fourth-order valence-corrected chi connectivity index (χ4v) is 2.04. The van der Waals surface area contributed by atoms with E-state index < -0.39 is 0 Å². The molecule has 0 saturated heterocycles. The van der Waals surface area contributed by atoms with Crippen LogP contribution in [0.3, 0.4) is 0 Å². The lowest BCUT2D eigenvalue weighted by molar-refractivity contribution is 0.261. The highest BCUT2D eigenvalue weighted by Crippen LogP contribution is 2.06. The zero-order chi connectivity index (χ0) is 13.6. The number of hydrogen-bond acceptors (Lipinski definition) is 2. The van der Waals surface area contributed by atoms with Gasteiger partial charge in [-0.05, 0) is 45.8 Å². The molecule has 0 bridgehead atoms. The van der Waals surface area contributed by atoms with Crippen molar-refractivity contribution in [1.29, 1.82) is 0 Å². The standard InChI is InChI=1S/C16H28N2/c1-14(11-17-16(2,3)4)12-18(5)13-15-9-7-6-8-10-15/h6-10,14,17H,11-13H2,1-5H3. The number of rotatable bonds is 6. The zero-order valence-corrected chi connectivity index (χ0v) is 12.5. The first-order valence-corrected chi connectivity index (χ1v) is 6.84. The van der Waals surface area contributed by atoms with Gasteiger partial charge in [-0.1, -0.05) is 37.3 Å². The van der Waals surface area contributed by atoms with Gasteiger partial charge in [0, 0.05) is 18.6 Å². The van der Waals surface area contributed by atoms with E-state index in [-0.39, 0.29) is 5.54 Å². The van der Waals surface area contributed by atoms with Crippen molar-refractivity contribution in [2.45, 2.75) is 39.8 Å². The minimum Gasteiger partial charge on any atom is -0.312 e. The first-order chi connectivity index (χ1) is 8.37. The Morgan fingerprint density at radius 3 is 2.33 bits per heavy atom. The van der Waals surface area contributed by atoms with Crippen LogP contribution < -0.4 is 5.32 Å². The molecule has 1 rings (SSSR count). The van der Waals surface area contributed by atoms with Gasteiger partial charge in [0.15, 0.2) is 0 Å². The van der Waals surface area contributed by atoms with Gasteiger partial charge in [-0.2, -0.15) is 0 Å². The maximum atomic E-state index is 3.56. The molecule has 0 spiro atoms. The first kappa shape index (κ1) is 15.2. The van der Waals surface area contributed by atoms with Crippen LogP contribution in [0, 0.1) is 5.92 Å². The summed E-state index contributed by atoms with van der Waals surface area (Å²) in [4.78, 5) is 2.39. The van der Waals surface area contributed by atoms with E-state index in [0.717, 1.165) is 19.6 Å². The normalized spacial score (nSPS) is 13.9. The van der Waals surface area contributed by atoms with Crippen LogP contribution in [0.5, 0.6) is 0 Å². The summed E-state index contributed by atoms with van der Waals surface area (Å²) in [6.07, 6.45) is 0. The topological polar surface area (TPSA) is 15.3 Å². The molecule has 2 heteroatoms. The fraction of sp³-hybridized carbons (Fsp3) is 0.625. The van der Waals surface area contributed by atoms with E-state index in [1.54, 1.807) is 0 Å². The third-order valence-electron chi connectivity index (χ3n) is 2.90. The molecule has 2 nitrogen and oxygen atoms in total. The van der Waals surface area contributed by atoms with Gasteiger partial charge in [0.1, 0.15) is 0 Å². The molecule has 102 valence electrons. The van der Waals surface area contributed by atoms with Crippen molar-refractivity contribution in [3.8, 4) is 0 Å². The van der Waals surface area contributed by atoms with Gasteiger partial charge in [-0.25, -0.2) is 0 Å². The first-order valence-electron chi connectivity index (χ1n) is 6.84. The highest BCUT2D eigenvalue weighted by atomic mass is 15.1. The molecule has 1 N–H and O–H groups in total. The number of hydrogen-bond donors (Lipinski definition) is 1. The van der Waals surface area contributed by atoms with Crippen molar-refractivity contribution < 1.29 is 0 Å². The van der Waals surface area contributed by atoms with Crippen LogP contribution in [-0.2, 0) is 6.54 Å². The average molecular weight is 248 g/mol. The minimum atomic E-state index is 0.215. The SMILES string of the molecule is CC(CNC(C)(C)C)CN(C)Cc1ccccc1. The minimum absolute atomic E-state index is 0.215. The van der Waals surface area contributed by atoms with Crippen molar-refractivity contribution in [3.63, 3.8) is 0 Å². The summed E-state index contributed by atoms with van der Waals surface area (Å²) in [5.41, 5.74) is 1.60. The highest BCUT2D eigenvalue weighted by Gasteiger charge is 2.12. The van der Waals surface area contributed by atoms with Crippen molar-refractivity contribution >= 4 is 0 Å². The molecule has 0 aliphatic heterocycles. The fourth-order valence-electron chi connectivity index (χ4n) is 2.04. The highest BCUT2D eigenvalue weighted by molar-refractivity contribution is 5.14. The van der Waals surface area contributed by atoms with Crippen LogP contribution in [0.1, 0.15) is 33.3 Å². The largest absolute Gasteiger partial charge is 0.312 e. The number of nitrogens with one attached hydrogen (secondary N) is 1. The van der Waals surface area contributed by atoms with E-state index in [1.165, 1.54) is 5.56 Å². The van der Waals surface area contributed by atoms with Crippen LogP contribution in [0.25, 0.3) is 0 Å². The molecule has 0 radical (unpaired) electrons. The Balaban J connectivity index is 2.29. The van der Waals surface area contributed by atoms with Crippen LogP contribution in [-0.4, -0.2) is 30.6 Å². The summed E-state index contributed by atoms with van der Waals surface area (Å²) in [7, 11) is 2.20. The molecule has 0 amide bonds. The summed E-state index contributed by atoms with van der Waals surface area (Å²) in [6, 6.07) is 10.7. The molecule has 1 unspecified atom stereocenters. The zero-order valence-electron chi connectivity index (χ0n) is 12.5.